The number of nitro benzene ring substituents is 1. The molecule has 2 rings (SSSR count). The van der Waals surface area contributed by atoms with Gasteiger partial charge in [0.15, 0.2) is 5.92 Å². The summed E-state index contributed by atoms with van der Waals surface area (Å²) in [5, 5.41) is 29.8. The Hall–Kier alpha value is -3.42. The third-order valence-corrected chi connectivity index (χ3v) is 3.46. The lowest BCUT2D eigenvalue weighted by Crippen LogP contribution is -2.23. The van der Waals surface area contributed by atoms with Crippen molar-refractivity contribution in [2.45, 2.75) is 5.92 Å². The quantitative estimate of drug-likeness (QED) is 0.473. The molecule has 0 fully saturated rings. The molecule has 2 N–H and O–H groups in total. The van der Waals surface area contributed by atoms with Gasteiger partial charge in [0.25, 0.3) is 5.69 Å². The fourth-order valence-electron chi connectivity index (χ4n) is 2.47. The van der Waals surface area contributed by atoms with Crippen LogP contribution in [0.5, 0.6) is 5.75 Å². The molecule has 0 aliphatic rings. The second kappa shape index (κ2) is 6.78. The molecule has 0 radical (unpaired) electrons. The Bertz CT molecular complexity index is 802. The van der Waals surface area contributed by atoms with Crippen LogP contribution in [0.1, 0.15) is 11.5 Å². The van der Waals surface area contributed by atoms with Gasteiger partial charge in [-0.2, -0.15) is 0 Å². The highest BCUT2D eigenvalue weighted by atomic mass is 16.6. The maximum absolute atomic E-state index is 11.4. The van der Waals surface area contributed by atoms with Crippen molar-refractivity contribution in [2.24, 2.45) is 0 Å². The van der Waals surface area contributed by atoms with Crippen molar-refractivity contribution in [3.63, 3.8) is 0 Å². The number of hydrogen-bond acceptors (Lipinski definition) is 5. The Morgan fingerprint density at radius 1 is 1.04 bits per heavy atom. The van der Waals surface area contributed by atoms with Crippen LogP contribution in [0, 0.1) is 10.1 Å². The van der Waals surface area contributed by atoms with Gasteiger partial charge in [-0.3, -0.25) is 19.7 Å². The van der Waals surface area contributed by atoms with E-state index in [0.717, 1.165) is 6.07 Å². The monoisotopic (exact) mass is 331 g/mol. The van der Waals surface area contributed by atoms with Crippen molar-refractivity contribution >= 4 is 17.6 Å². The number of aliphatic carboxylic acids is 2. The van der Waals surface area contributed by atoms with Gasteiger partial charge in [0, 0.05) is 11.6 Å². The van der Waals surface area contributed by atoms with E-state index in [4.69, 9.17) is 4.74 Å². The van der Waals surface area contributed by atoms with Crippen LogP contribution in [-0.4, -0.2) is 34.2 Å². The lowest BCUT2D eigenvalue weighted by atomic mass is 9.88. The third kappa shape index (κ3) is 3.02. The number of nitro groups is 1. The standard InChI is InChI=1S/C16H13NO7/c1-24-12-8-3-2-5-9(12)10-6-4-7-11(17(22)23)13(10)14(15(18)19)16(20)21/h2-8,14H,1H3,(H,18,19)(H,20,21). The molecule has 0 saturated heterocycles. The number of benzene rings is 2. The number of nitrogens with zero attached hydrogens (tertiary/aromatic N) is 1. The number of carboxylic acid groups (broad SMARTS) is 2. The predicted octanol–water partition coefficient (Wildman–Crippen LogP) is 2.52. The fourth-order valence-corrected chi connectivity index (χ4v) is 2.47. The maximum Gasteiger partial charge on any atom is 0.322 e. The Kier molecular flexibility index (Phi) is 4.78. The molecule has 2 aromatic rings. The first-order valence-electron chi connectivity index (χ1n) is 6.74. The second-order valence-electron chi connectivity index (χ2n) is 4.81. The highest BCUT2D eigenvalue weighted by Gasteiger charge is 2.37. The molecule has 0 bridgehead atoms. The molecule has 2 aromatic carbocycles. The topological polar surface area (TPSA) is 127 Å². The van der Waals surface area contributed by atoms with E-state index in [2.05, 4.69) is 0 Å². The normalized spacial score (nSPS) is 10.4. The molecule has 0 heterocycles. The van der Waals surface area contributed by atoms with Crippen molar-refractivity contribution < 1.29 is 29.5 Å². The van der Waals surface area contributed by atoms with Gasteiger partial charge in [0.05, 0.1) is 17.6 Å². The Morgan fingerprint density at radius 3 is 2.17 bits per heavy atom. The highest BCUT2D eigenvalue weighted by molar-refractivity contribution is 6.02. The lowest BCUT2D eigenvalue weighted by molar-refractivity contribution is -0.385. The molecule has 8 nitrogen and oxygen atoms in total. The molecule has 124 valence electrons. The van der Waals surface area contributed by atoms with Gasteiger partial charge < -0.3 is 14.9 Å². The summed E-state index contributed by atoms with van der Waals surface area (Å²) < 4.78 is 5.19. The second-order valence-corrected chi connectivity index (χ2v) is 4.81. The van der Waals surface area contributed by atoms with E-state index in [0.29, 0.717) is 11.3 Å². The Labute approximate surface area is 136 Å². The van der Waals surface area contributed by atoms with Crippen molar-refractivity contribution in [1.29, 1.82) is 0 Å². The molecule has 0 atom stereocenters. The largest absolute Gasteiger partial charge is 0.496 e. The number of methoxy groups -OCH3 is 1. The molecule has 8 heteroatoms. The van der Waals surface area contributed by atoms with Gasteiger partial charge in [-0.1, -0.05) is 30.3 Å². The van der Waals surface area contributed by atoms with Crippen molar-refractivity contribution in [3.05, 3.63) is 58.1 Å². The average Bonchev–Trinajstić information content (AvgIpc) is 2.54. The minimum absolute atomic E-state index is 0.122. The number of ether oxygens (including phenoxy) is 1. The zero-order valence-electron chi connectivity index (χ0n) is 12.5. The number of hydrogen-bond donors (Lipinski definition) is 2. The Morgan fingerprint density at radius 2 is 1.62 bits per heavy atom. The molecule has 0 spiro atoms. The van der Waals surface area contributed by atoms with Crippen LogP contribution in [0.25, 0.3) is 11.1 Å². The minimum Gasteiger partial charge on any atom is -0.496 e. The first-order chi connectivity index (χ1) is 11.4. The van der Waals surface area contributed by atoms with Crippen LogP contribution in [0.3, 0.4) is 0 Å². The summed E-state index contributed by atoms with van der Waals surface area (Å²) in [5.74, 6) is -5.11. The van der Waals surface area contributed by atoms with Crippen LogP contribution >= 0.6 is 0 Å². The van der Waals surface area contributed by atoms with E-state index in [1.807, 2.05) is 0 Å². The van der Waals surface area contributed by atoms with Crippen molar-refractivity contribution in [1.82, 2.24) is 0 Å². The van der Waals surface area contributed by atoms with E-state index in [1.165, 1.54) is 19.2 Å². The van der Waals surface area contributed by atoms with Gasteiger partial charge in [0.1, 0.15) is 5.75 Å². The number of carbonyl (C=O) groups is 2. The zero-order chi connectivity index (χ0) is 17.9. The molecule has 0 aliphatic carbocycles. The SMILES string of the molecule is COc1ccccc1-c1cccc([N+](=O)[O-])c1C(C(=O)O)C(=O)O. The summed E-state index contributed by atoms with van der Waals surface area (Å²) in [5.41, 5.74) is -0.483. The summed E-state index contributed by atoms with van der Waals surface area (Å²) in [6.45, 7) is 0. The zero-order valence-corrected chi connectivity index (χ0v) is 12.5. The lowest BCUT2D eigenvalue weighted by Gasteiger charge is -2.16. The molecule has 0 aliphatic heterocycles. The number of carboxylic acids is 2. The summed E-state index contributed by atoms with van der Waals surface area (Å²) >= 11 is 0. The molecule has 0 unspecified atom stereocenters. The van der Waals surface area contributed by atoms with E-state index in [1.54, 1.807) is 24.3 Å². The van der Waals surface area contributed by atoms with Gasteiger partial charge in [-0.05, 0) is 11.6 Å². The maximum atomic E-state index is 11.4. The van der Waals surface area contributed by atoms with Crippen LogP contribution in [0.4, 0.5) is 5.69 Å². The van der Waals surface area contributed by atoms with Crippen LogP contribution in [0.15, 0.2) is 42.5 Å². The van der Waals surface area contributed by atoms with Gasteiger partial charge in [-0.25, -0.2) is 0 Å². The van der Waals surface area contributed by atoms with Crippen molar-refractivity contribution in [2.75, 3.05) is 7.11 Å². The van der Waals surface area contributed by atoms with Crippen LogP contribution in [-0.2, 0) is 9.59 Å². The summed E-state index contributed by atoms with van der Waals surface area (Å²) in [7, 11) is 1.39. The van der Waals surface area contributed by atoms with E-state index in [-0.39, 0.29) is 5.56 Å². The van der Waals surface area contributed by atoms with E-state index in [9.17, 15) is 29.9 Å². The highest BCUT2D eigenvalue weighted by Crippen LogP contribution is 2.40. The molecular weight excluding hydrogens is 318 g/mol. The van der Waals surface area contributed by atoms with E-state index >= 15 is 0 Å². The van der Waals surface area contributed by atoms with Crippen LogP contribution < -0.4 is 4.74 Å². The van der Waals surface area contributed by atoms with Crippen molar-refractivity contribution in [3.8, 4) is 16.9 Å². The summed E-state index contributed by atoms with van der Waals surface area (Å²) in [6.07, 6.45) is 0. The number of para-hydroxylation sites is 1. The first kappa shape index (κ1) is 16.9. The molecule has 0 saturated carbocycles. The first-order valence-corrected chi connectivity index (χ1v) is 6.74. The smallest absolute Gasteiger partial charge is 0.322 e. The molecule has 0 aromatic heterocycles. The minimum atomic E-state index is -2.08. The molecular formula is C16H13NO7. The molecule has 24 heavy (non-hydrogen) atoms. The van der Waals surface area contributed by atoms with E-state index < -0.39 is 34.0 Å². The summed E-state index contributed by atoms with van der Waals surface area (Å²) in [4.78, 5) is 33.3. The Balaban J connectivity index is 2.87. The average molecular weight is 331 g/mol. The van der Waals surface area contributed by atoms with Gasteiger partial charge in [0.2, 0.25) is 0 Å². The summed E-state index contributed by atoms with van der Waals surface area (Å²) in [6, 6.07) is 10.3. The van der Waals surface area contributed by atoms with Crippen LogP contribution in [0.2, 0.25) is 0 Å². The number of rotatable bonds is 6. The van der Waals surface area contributed by atoms with Gasteiger partial charge in [-0.15, -0.1) is 0 Å². The van der Waals surface area contributed by atoms with Gasteiger partial charge >= 0.3 is 11.9 Å². The molecule has 0 amide bonds. The fraction of sp³-hybridized carbons (Fsp3) is 0.125. The predicted molar refractivity (Wildman–Crippen MR) is 83.1 cm³/mol. The third-order valence-electron chi connectivity index (χ3n) is 3.46.